The third kappa shape index (κ3) is 9.85. The van der Waals surface area contributed by atoms with Crippen LogP contribution in [-0.4, -0.2) is 25.9 Å². The quantitative estimate of drug-likeness (QED) is 0.618. The zero-order chi connectivity index (χ0) is 14.5. The maximum Gasteiger partial charge on any atom is 0.314 e. The molecule has 0 unspecified atom stereocenters. The van der Waals surface area contributed by atoms with E-state index in [1.54, 1.807) is 25.3 Å². The normalized spacial score (nSPS) is 20.7. The number of aldehydes is 1. The van der Waals surface area contributed by atoms with Crippen molar-refractivity contribution in [3.63, 3.8) is 0 Å². The van der Waals surface area contributed by atoms with Crippen molar-refractivity contribution < 1.29 is 9.59 Å². The summed E-state index contributed by atoms with van der Waals surface area (Å²) >= 11 is 5.78. The van der Waals surface area contributed by atoms with Crippen molar-refractivity contribution in [3.05, 3.63) is 47.6 Å². The Morgan fingerprint density at radius 1 is 1.53 bits per heavy atom. The van der Waals surface area contributed by atoms with Gasteiger partial charge in [0.25, 0.3) is 0 Å². The molecule has 104 valence electrons. The third-order valence-corrected chi connectivity index (χ3v) is 2.40. The van der Waals surface area contributed by atoms with Crippen LogP contribution in [0, 0.1) is 0 Å². The van der Waals surface area contributed by atoms with Gasteiger partial charge in [-0.2, -0.15) is 0 Å². The van der Waals surface area contributed by atoms with Crippen LogP contribution >= 0.6 is 11.6 Å². The average molecular weight is 283 g/mol. The Bertz CT molecular complexity index is 398. The summed E-state index contributed by atoms with van der Waals surface area (Å²) in [5, 5.41) is 5.72. The fourth-order valence-electron chi connectivity index (χ4n) is 1.10. The van der Waals surface area contributed by atoms with Crippen molar-refractivity contribution in [2.45, 2.75) is 12.8 Å². The summed E-state index contributed by atoms with van der Waals surface area (Å²) in [5.74, 6) is 0. The number of amides is 2. The van der Waals surface area contributed by atoms with Crippen LogP contribution in [0.1, 0.15) is 12.8 Å². The Kier molecular flexibility index (Phi) is 10.2. The van der Waals surface area contributed by atoms with Gasteiger partial charge in [-0.1, -0.05) is 35.9 Å². The van der Waals surface area contributed by atoms with Gasteiger partial charge in [0.2, 0.25) is 0 Å². The molecule has 19 heavy (non-hydrogen) atoms. The molecule has 0 radical (unpaired) electrons. The second-order valence-electron chi connectivity index (χ2n) is 3.59. The lowest BCUT2D eigenvalue weighted by atomic mass is 10.1. The first-order valence-electron chi connectivity index (χ1n) is 5.88. The number of rotatable bonds is 3. The van der Waals surface area contributed by atoms with Gasteiger partial charge in [0, 0.05) is 24.2 Å². The van der Waals surface area contributed by atoms with E-state index in [0.29, 0.717) is 12.1 Å². The Balaban J connectivity index is 0.000000362. The van der Waals surface area contributed by atoms with Gasteiger partial charge < -0.3 is 10.6 Å². The molecule has 2 N–H and O–H groups in total. The topological polar surface area (TPSA) is 58.2 Å². The van der Waals surface area contributed by atoms with E-state index in [1.165, 1.54) is 0 Å². The molecule has 0 bridgehead atoms. The molecule has 1 aliphatic rings. The van der Waals surface area contributed by atoms with E-state index >= 15 is 0 Å². The van der Waals surface area contributed by atoms with Gasteiger partial charge in [0.1, 0.15) is 6.29 Å². The largest absolute Gasteiger partial charge is 0.341 e. The smallest absolute Gasteiger partial charge is 0.314 e. The summed E-state index contributed by atoms with van der Waals surface area (Å²) in [6, 6.07) is -0.176. The van der Waals surface area contributed by atoms with E-state index < -0.39 is 0 Å². The second-order valence-corrected chi connectivity index (χ2v) is 4.07. The van der Waals surface area contributed by atoms with Crippen LogP contribution in [-0.2, 0) is 4.79 Å². The van der Waals surface area contributed by atoms with E-state index in [-0.39, 0.29) is 6.03 Å². The minimum absolute atomic E-state index is 0.176. The molecular formula is C14H19ClN2O2. The number of hydrogen-bond acceptors (Lipinski definition) is 2. The molecular weight excluding hydrogens is 264 g/mol. The SMILES string of the molecule is C=CCNC(=O)NC.O=CC1=C/C=C(/Cl)CC/C=C\1. The van der Waals surface area contributed by atoms with Gasteiger partial charge in [-0.25, -0.2) is 4.79 Å². The van der Waals surface area contributed by atoms with Crippen LogP contribution in [0.5, 0.6) is 0 Å². The molecule has 0 saturated heterocycles. The summed E-state index contributed by atoms with van der Waals surface area (Å²) in [5.41, 5.74) is 0.669. The summed E-state index contributed by atoms with van der Waals surface area (Å²) in [7, 11) is 1.57. The summed E-state index contributed by atoms with van der Waals surface area (Å²) < 4.78 is 0. The Labute approximate surface area is 118 Å². The van der Waals surface area contributed by atoms with Crippen LogP contribution in [0.3, 0.4) is 0 Å². The first kappa shape index (κ1) is 17.2. The van der Waals surface area contributed by atoms with Crippen LogP contribution < -0.4 is 10.6 Å². The van der Waals surface area contributed by atoms with Gasteiger partial charge in [0.15, 0.2) is 0 Å². The molecule has 0 saturated carbocycles. The number of urea groups is 1. The molecule has 0 aromatic carbocycles. The standard InChI is InChI=1S/C9H9ClO.C5H10N2O/c10-9-4-2-1-3-8(7-11)5-6-9;1-3-4-7-5(8)6-2/h1,3,5-7H,2,4H2;3H,1,4H2,2H3,(H2,6,7,8)/b3-1-,8-5+,9-6+;. The van der Waals surface area contributed by atoms with Gasteiger partial charge >= 0.3 is 6.03 Å². The molecule has 0 aromatic heterocycles. The van der Waals surface area contributed by atoms with E-state index in [2.05, 4.69) is 17.2 Å². The Morgan fingerprint density at radius 2 is 2.26 bits per heavy atom. The molecule has 5 heteroatoms. The zero-order valence-electron chi connectivity index (χ0n) is 11.0. The molecule has 0 heterocycles. The fraction of sp³-hybridized carbons (Fsp3) is 0.286. The zero-order valence-corrected chi connectivity index (χ0v) is 11.7. The van der Waals surface area contributed by atoms with Crippen molar-refractivity contribution in [1.82, 2.24) is 10.6 Å². The molecule has 1 rings (SSSR count). The van der Waals surface area contributed by atoms with Crippen molar-refractivity contribution in [3.8, 4) is 0 Å². The highest BCUT2D eigenvalue weighted by atomic mass is 35.5. The van der Waals surface area contributed by atoms with Crippen LogP contribution in [0.25, 0.3) is 0 Å². The minimum Gasteiger partial charge on any atom is -0.341 e. The van der Waals surface area contributed by atoms with E-state index in [4.69, 9.17) is 11.6 Å². The van der Waals surface area contributed by atoms with Crippen molar-refractivity contribution in [2.24, 2.45) is 0 Å². The summed E-state index contributed by atoms with van der Waals surface area (Å²) in [6.07, 6.45) is 11.5. The van der Waals surface area contributed by atoms with Gasteiger partial charge in [-0.3, -0.25) is 4.79 Å². The monoisotopic (exact) mass is 282 g/mol. The van der Waals surface area contributed by atoms with Crippen molar-refractivity contribution >= 4 is 23.9 Å². The van der Waals surface area contributed by atoms with Crippen LogP contribution in [0.15, 0.2) is 47.6 Å². The third-order valence-electron chi connectivity index (χ3n) is 2.09. The molecule has 2 amide bonds. The molecule has 0 fully saturated rings. The fourth-order valence-corrected chi connectivity index (χ4v) is 1.27. The lowest BCUT2D eigenvalue weighted by molar-refractivity contribution is -0.104. The van der Waals surface area contributed by atoms with E-state index in [1.807, 2.05) is 12.2 Å². The van der Waals surface area contributed by atoms with E-state index in [0.717, 1.165) is 24.2 Å². The van der Waals surface area contributed by atoms with E-state index in [9.17, 15) is 9.59 Å². The molecule has 0 aromatic rings. The Morgan fingerprint density at radius 3 is 2.84 bits per heavy atom. The predicted molar refractivity (Wildman–Crippen MR) is 79.1 cm³/mol. The summed E-state index contributed by atoms with van der Waals surface area (Å²) in [6.45, 7) is 3.94. The van der Waals surface area contributed by atoms with Gasteiger partial charge in [-0.05, 0) is 18.9 Å². The number of allylic oxidation sites excluding steroid dienone is 6. The number of hydrogen-bond donors (Lipinski definition) is 2. The molecule has 0 spiro atoms. The Hall–Kier alpha value is -1.81. The lowest BCUT2D eigenvalue weighted by Crippen LogP contribution is -2.32. The molecule has 4 nitrogen and oxygen atoms in total. The highest BCUT2D eigenvalue weighted by Crippen LogP contribution is 2.14. The molecule has 0 aliphatic heterocycles. The number of nitrogens with one attached hydrogen (secondary N) is 2. The van der Waals surface area contributed by atoms with Crippen molar-refractivity contribution in [1.29, 1.82) is 0 Å². The first-order valence-corrected chi connectivity index (χ1v) is 6.26. The minimum atomic E-state index is -0.176. The maximum absolute atomic E-state index is 10.3. The van der Waals surface area contributed by atoms with Crippen LogP contribution in [0.4, 0.5) is 4.79 Å². The lowest BCUT2D eigenvalue weighted by Gasteiger charge is -1.97. The highest BCUT2D eigenvalue weighted by Gasteiger charge is 1.94. The molecule has 1 aliphatic carbocycles. The highest BCUT2D eigenvalue weighted by molar-refractivity contribution is 6.29. The second kappa shape index (κ2) is 11.3. The molecule has 0 atom stereocenters. The van der Waals surface area contributed by atoms with Gasteiger partial charge in [0.05, 0.1) is 0 Å². The maximum atomic E-state index is 10.3. The van der Waals surface area contributed by atoms with Crippen LogP contribution in [0.2, 0.25) is 0 Å². The first-order chi connectivity index (χ1) is 9.13. The van der Waals surface area contributed by atoms with Gasteiger partial charge in [-0.15, -0.1) is 6.58 Å². The number of carbonyl (C=O) groups excluding carboxylic acids is 2. The summed E-state index contributed by atoms with van der Waals surface area (Å²) in [4.78, 5) is 20.6. The van der Waals surface area contributed by atoms with Crippen molar-refractivity contribution in [2.75, 3.05) is 13.6 Å². The number of carbonyl (C=O) groups is 2. The predicted octanol–water partition coefficient (Wildman–Crippen LogP) is 2.69. The number of halogens is 1. The average Bonchev–Trinajstić information content (AvgIpc) is 2.41.